The molecular formula is C15H14N8O3. The van der Waals surface area contributed by atoms with Gasteiger partial charge in [0.15, 0.2) is 12.3 Å². The molecule has 0 radical (unpaired) electrons. The second-order valence-electron chi connectivity index (χ2n) is 5.01. The summed E-state index contributed by atoms with van der Waals surface area (Å²) in [6, 6.07) is 10.9. The molecule has 2 heterocycles. The van der Waals surface area contributed by atoms with Gasteiger partial charge in [-0.05, 0) is 16.5 Å². The molecule has 0 bridgehead atoms. The van der Waals surface area contributed by atoms with Crippen LogP contribution in [0.15, 0.2) is 47.8 Å². The number of aromatic nitrogens is 6. The van der Waals surface area contributed by atoms with Crippen LogP contribution in [0.1, 0.15) is 17.1 Å². The van der Waals surface area contributed by atoms with Crippen LogP contribution in [-0.2, 0) is 18.5 Å². The molecule has 0 atom stereocenters. The number of nitrogens with zero attached hydrogens (tertiary/aromatic N) is 7. The van der Waals surface area contributed by atoms with Crippen LogP contribution in [0, 0.1) is 0 Å². The first kappa shape index (κ1) is 17.0. The number of benzene rings is 1. The smallest absolute Gasteiger partial charge is 0.411 e. The van der Waals surface area contributed by atoms with E-state index in [1.807, 2.05) is 30.3 Å². The first-order chi connectivity index (χ1) is 12.6. The Morgan fingerprint density at radius 2 is 2.12 bits per heavy atom. The summed E-state index contributed by atoms with van der Waals surface area (Å²) in [7, 11) is 1.70. The third-order valence-corrected chi connectivity index (χ3v) is 3.18. The summed E-state index contributed by atoms with van der Waals surface area (Å²) in [6.45, 7) is 0.0123. The number of hydrogen-bond donors (Lipinski definition) is 2. The number of oxime groups is 1. The number of nitrogens with one attached hydrogen (secondary N) is 1. The van der Waals surface area contributed by atoms with E-state index in [0.29, 0.717) is 17.2 Å². The van der Waals surface area contributed by atoms with Crippen LogP contribution >= 0.6 is 0 Å². The average molecular weight is 354 g/mol. The van der Waals surface area contributed by atoms with Crippen LogP contribution in [0.4, 0.5) is 10.7 Å². The van der Waals surface area contributed by atoms with Gasteiger partial charge >= 0.3 is 6.09 Å². The van der Waals surface area contributed by atoms with Crippen molar-refractivity contribution < 1.29 is 14.7 Å². The molecule has 2 N–H and O–H groups in total. The fraction of sp³-hybridized carbons (Fsp3) is 0.133. The molecular weight excluding hydrogens is 340 g/mol. The Bertz CT molecular complexity index is 925. The largest absolute Gasteiger partial charge is 0.465 e. The van der Waals surface area contributed by atoms with Gasteiger partial charge in [-0.25, -0.2) is 19.4 Å². The van der Waals surface area contributed by atoms with Crippen LogP contribution in [0.3, 0.4) is 0 Å². The zero-order valence-corrected chi connectivity index (χ0v) is 13.6. The summed E-state index contributed by atoms with van der Waals surface area (Å²) in [5.41, 5.74) is 1.69. The number of carbonyl (C=O) groups is 1. The minimum absolute atomic E-state index is 0.0123. The molecule has 0 saturated heterocycles. The maximum Gasteiger partial charge on any atom is 0.411 e. The van der Waals surface area contributed by atoms with Crippen molar-refractivity contribution in [2.45, 2.75) is 6.61 Å². The Labute approximate surface area is 147 Å². The number of aryl methyl sites for hydroxylation is 1. The monoisotopic (exact) mass is 354 g/mol. The molecule has 11 nitrogen and oxygen atoms in total. The SMILES string of the molecule is Cn1nnnc1/C(=N\OCc1ccnc(NC(=O)O)n1)c1ccccc1. The number of hydrogen-bond acceptors (Lipinski definition) is 8. The standard InChI is InChI=1S/C15H14N8O3/c1-23-13(19-21-22-23)12(10-5-3-2-4-6-10)20-26-9-11-7-8-16-14(17-11)18-15(24)25/h2-8H,9H2,1H3,(H,24,25)(H,16,17,18)/b20-12-. The molecule has 1 aromatic carbocycles. The second-order valence-corrected chi connectivity index (χ2v) is 5.01. The summed E-state index contributed by atoms with van der Waals surface area (Å²) >= 11 is 0. The molecule has 2 aromatic heterocycles. The Morgan fingerprint density at radius 3 is 2.81 bits per heavy atom. The van der Waals surface area contributed by atoms with E-state index >= 15 is 0 Å². The molecule has 0 aliphatic heterocycles. The van der Waals surface area contributed by atoms with Gasteiger partial charge in [-0.1, -0.05) is 35.5 Å². The van der Waals surface area contributed by atoms with Crippen molar-refractivity contribution in [3.05, 3.63) is 59.7 Å². The highest BCUT2D eigenvalue weighted by atomic mass is 16.6. The Morgan fingerprint density at radius 1 is 1.31 bits per heavy atom. The van der Waals surface area contributed by atoms with Crippen LogP contribution in [0.2, 0.25) is 0 Å². The van der Waals surface area contributed by atoms with Gasteiger partial charge in [-0.15, -0.1) is 5.10 Å². The van der Waals surface area contributed by atoms with Crippen LogP contribution in [-0.4, -0.2) is 47.1 Å². The number of tetrazole rings is 1. The molecule has 26 heavy (non-hydrogen) atoms. The highest BCUT2D eigenvalue weighted by Crippen LogP contribution is 2.09. The van der Waals surface area contributed by atoms with Gasteiger partial charge < -0.3 is 9.94 Å². The van der Waals surface area contributed by atoms with Crippen molar-refractivity contribution in [2.24, 2.45) is 12.2 Å². The lowest BCUT2D eigenvalue weighted by Gasteiger charge is -2.06. The van der Waals surface area contributed by atoms with E-state index in [9.17, 15) is 4.79 Å². The minimum atomic E-state index is -1.25. The van der Waals surface area contributed by atoms with Crippen molar-refractivity contribution in [2.75, 3.05) is 5.32 Å². The molecule has 0 saturated carbocycles. The molecule has 0 aliphatic carbocycles. The Balaban J connectivity index is 1.80. The quantitative estimate of drug-likeness (QED) is 0.494. The van der Waals surface area contributed by atoms with Gasteiger partial charge in [0, 0.05) is 18.8 Å². The fourth-order valence-electron chi connectivity index (χ4n) is 2.04. The van der Waals surface area contributed by atoms with E-state index < -0.39 is 6.09 Å². The maximum absolute atomic E-state index is 10.6. The zero-order chi connectivity index (χ0) is 18.4. The zero-order valence-electron chi connectivity index (χ0n) is 13.6. The maximum atomic E-state index is 10.6. The summed E-state index contributed by atoms with van der Waals surface area (Å²) in [4.78, 5) is 23.8. The summed E-state index contributed by atoms with van der Waals surface area (Å²) < 4.78 is 1.48. The van der Waals surface area contributed by atoms with E-state index in [-0.39, 0.29) is 12.6 Å². The molecule has 0 unspecified atom stereocenters. The lowest BCUT2D eigenvalue weighted by Crippen LogP contribution is -2.12. The van der Waals surface area contributed by atoms with Crippen molar-refractivity contribution >= 4 is 17.8 Å². The van der Waals surface area contributed by atoms with E-state index in [1.165, 1.54) is 10.9 Å². The van der Waals surface area contributed by atoms with Crippen molar-refractivity contribution in [1.29, 1.82) is 0 Å². The summed E-state index contributed by atoms with van der Waals surface area (Å²) in [5.74, 6) is 0.399. The van der Waals surface area contributed by atoms with Crippen LogP contribution in [0.5, 0.6) is 0 Å². The first-order valence-corrected chi connectivity index (χ1v) is 7.43. The van der Waals surface area contributed by atoms with E-state index in [0.717, 1.165) is 5.56 Å². The molecule has 0 spiro atoms. The minimum Gasteiger partial charge on any atom is -0.465 e. The van der Waals surface area contributed by atoms with Crippen molar-refractivity contribution in [1.82, 2.24) is 30.2 Å². The highest BCUT2D eigenvalue weighted by Gasteiger charge is 2.14. The van der Waals surface area contributed by atoms with E-state index in [1.54, 1.807) is 13.1 Å². The molecule has 11 heteroatoms. The van der Waals surface area contributed by atoms with Gasteiger partial charge in [0.25, 0.3) is 0 Å². The molecule has 1 amide bonds. The van der Waals surface area contributed by atoms with Crippen LogP contribution < -0.4 is 5.32 Å². The van der Waals surface area contributed by atoms with Gasteiger partial charge in [0.2, 0.25) is 11.8 Å². The summed E-state index contributed by atoms with van der Waals surface area (Å²) in [6.07, 6.45) is 0.174. The van der Waals surface area contributed by atoms with Gasteiger partial charge in [0.05, 0.1) is 5.69 Å². The van der Waals surface area contributed by atoms with Gasteiger partial charge in [0.1, 0.15) is 0 Å². The number of rotatable bonds is 6. The third-order valence-electron chi connectivity index (χ3n) is 3.18. The summed E-state index contributed by atoms with van der Waals surface area (Å²) in [5, 5.41) is 26.3. The molecule has 3 rings (SSSR count). The lowest BCUT2D eigenvalue weighted by molar-refractivity contribution is 0.128. The third kappa shape index (κ3) is 4.14. The van der Waals surface area contributed by atoms with Gasteiger partial charge in [-0.2, -0.15) is 0 Å². The number of amides is 1. The molecule has 0 fully saturated rings. The first-order valence-electron chi connectivity index (χ1n) is 7.43. The second kappa shape index (κ2) is 7.79. The lowest BCUT2D eigenvalue weighted by atomic mass is 10.1. The molecule has 132 valence electrons. The molecule has 0 aliphatic rings. The van der Waals surface area contributed by atoms with E-state index in [2.05, 4.69) is 36.0 Å². The van der Waals surface area contributed by atoms with Crippen molar-refractivity contribution in [3.8, 4) is 0 Å². The highest BCUT2D eigenvalue weighted by molar-refractivity contribution is 6.10. The van der Waals surface area contributed by atoms with Gasteiger partial charge in [-0.3, -0.25) is 5.32 Å². The normalized spacial score (nSPS) is 11.2. The predicted octanol–water partition coefficient (Wildman–Crippen LogP) is 1.06. The fourth-order valence-corrected chi connectivity index (χ4v) is 2.04. The molecule has 3 aromatic rings. The van der Waals surface area contributed by atoms with E-state index in [4.69, 9.17) is 9.94 Å². The number of carboxylic acid groups (broad SMARTS) is 1. The van der Waals surface area contributed by atoms with Crippen LogP contribution in [0.25, 0.3) is 0 Å². The Kier molecular flexibility index (Phi) is 5.08. The number of anilines is 1. The average Bonchev–Trinajstić information content (AvgIpc) is 3.05. The predicted molar refractivity (Wildman–Crippen MR) is 89.3 cm³/mol. The Hall–Kier alpha value is -3.89. The topological polar surface area (TPSA) is 140 Å². The van der Waals surface area contributed by atoms with Crippen molar-refractivity contribution in [3.63, 3.8) is 0 Å².